The molecule has 1 fully saturated rings. The fourth-order valence-electron chi connectivity index (χ4n) is 1.80. The smallest absolute Gasteiger partial charge is 0.0636 e. The third-order valence-electron chi connectivity index (χ3n) is 2.72. The molecular formula is C10H21NO. The molecule has 1 saturated carbocycles. The lowest BCUT2D eigenvalue weighted by atomic mass is 9.87. The Balaban J connectivity index is 2.09. The minimum atomic E-state index is -0.204. The molecule has 0 radical (unpaired) electrons. The van der Waals surface area contributed by atoms with Gasteiger partial charge in [0.1, 0.15) is 0 Å². The van der Waals surface area contributed by atoms with Crippen molar-refractivity contribution in [3.05, 3.63) is 0 Å². The first-order valence-electron chi connectivity index (χ1n) is 5.10. The zero-order valence-corrected chi connectivity index (χ0v) is 8.21. The standard InChI is InChI=1S/C10H21NO/c1-8-3-5-10(6-4-8)11-7-9(2)12/h8-12H,3-7H2,1-2H3/t8?,9-,10?/m0/s1. The van der Waals surface area contributed by atoms with E-state index in [-0.39, 0.29) is 6.10 Å². The molecule has 0 aromatic carbocycles. The number of aliphatic hydroxyl groups excluding tert-OH is 1. The van der Waals surface area contributed by atoms with Crippen molar-refractivity contribution in [1.82, 2.24) is 5.32 Å². The van der Waals surface area contributed by atoms with E-state index in [9.17, 15) is 0 Å². The zero-order valence-electron chi connectivity index (χ0n) is 8.21. The maximum atomic E-state index is 9.07. The van der Waals surface area contributed by atoms with E-state index in [4.69, 9.17) is 5.11 Å². The van der Waals surface area contributed by atoms with Crippen LogP contribution < -0.4 is 5.32 Å². The summed E-state index contributed by atoms with van der Waals surface area (Å²) in [5, 5.41) is 12.5. The van der Waals surface area contributed by atoms with Crippen LogP contribution in [-0.2, 0) is 0 Å². The normalized spacial score (nSPS) is 33.2. The minimum absolute atomic E-state index is 0.204. The SMILES string of the molecule is CC1CCC(NC[C@H](C)O)CC1. The molecular weight excluding hydrogens is 150 g/mol. The molecule has 0 spiro atoms. The van der Waals surface area contributed by atoms with Gasteiger partial charge >= 0.3 is 0 Å². The molecule has 0 heterocycles. The largest absolute Gasteiger partial charge is 0.392 e. The average Bonchev–Trinajstić information content (AvgIpc) is 2.03. The van der Waals surface area contributed by atoms with Gasteiger partial charge in [-0.2, -0.15) is 0 Å². The Hall–Kier alpha value is -0.0800. The summed E-state index contributed by atoms with van der Waals surface area (Å²) in [5.41, 5.74) is 0. The summed E-state index contributed by atoms with van der Waals surface area (Å²) < 4.78 is 0. The number of rotatable bonds is 3. The van der Waals surface area contributed by atoms with Crippen LogP contribution in [0.25, 0.3) is 0 Å². The topological polar surface area (TPSA) is 32.3 Å². The number of aliphatic hydroxyl groups is 1. The van der Waals surface area contributed by atoms with Gasteiger partial charge in [-0.3, -0.25) is 0 Å². The first kappa shape index (κ1) is 10.0. The van der Waals surface area contributed by atoms with E-state index in [2.05, 4.69) is 12.2 Å². The molecule has 1 aliphatic rings. The molecule has 0 aliphatic heterocycles. The van der Waals surface area contributed by atoms with Crippen LogP contribution in [0.1, 0.15) is 39.5 Å². The number of hydrogen-bond donors (Lipinski definition) is 2. The number of nitrogens with one attached hydrogen (secondary N) is 1. The van der Waals surface area contributed by atoms with Crippen molar-refractivity contribution in [3.8, 4) is 0 Å². The van der Waals surface area contributed by atoms with Crippen LogP contribution in [0.4, 0.5) is 0 Å². The van der Waals surface area contributed by atoms with Crippen LogP contribution in [0.15, 0.2) is 0 Å². The molecule has 12 heavy (non-hydrogen) atoms. The van der Waals surface area contributed by atoms with Gasteiger partial charge in [-0.1, -0.05) is 6.92 Å². The maximum absolute atomic E-state index is 9.07. The lowest BCUT2D eigenvalue weighted by molar-refractivity contribution is 0.178. The Morgan fingerprint density at radius 2 is 1.92 bits per heavy atom. The second kappa shape index (κ2) is 4.83. The Bertz CT molecular complexity index is 117. The molecule has 1 rings (SSSR count). The maximum Gasteiger partial charge on any atom is 0.0636 e. The molecule has 72 valence electrons. The van der Waals surface area contributed by atoms with Crippen molar-refractivity contribution >= 4 is 0 Å². The summed E-state index contributed by atoms with van der Waals surface area (Å²) in [5.74, 6) is 0.912. The van der Waals surface area contributed by atoms with Gasteiger partial charge in [-0.25, -0.2) is 0 Å². The van der Waals surface area contributed by atoms with Gasteiger partial charge in [0.15, 0.2) is 0 Å². The quantitative estimate of drug-likeness (QED) is 0.675. The first-order chi connectivity index (χ1) is 5.68. The molecule has 2 N–H and O–H groups in total. The lowest BCUT2D eigenvalue weighted by Gasteiger charge is -2.27. The second-order valence-corrected chi connectivity index (χ2v) is 4.21. The fraction of sp³-hybridized carbons (Fsp3) is 1.00. The van der Waals surface area contributed by atoms with Gasteiger partial charge in [0, 0.05) is 12.6 Å². The predicted octanol–water partition coefficient (Wildman–Crippen LogP) is 1.54. The predicted molar refractivity (Wildman–Crippen MR) is 51.1 cm³/mol. The summed E-state index contributed by atoms with van der Waals surface area (Å²) in [6.07, 6.45) is 5.06. The summed E-state index contributed by atoms with van der Waals surface area (Å²) in [7, 11) is 0. The van der Waals surface area contributed by atoms with E-state index in [1.165, 1.54) is 25.7 Å². The molecule has 0 amide bonds. The van der Waals surface area contributed by atoms with E-state index in [1.807, 2.05) is 6.92 Å². The van der Waals surface area contributed by atoms with Gasteiger partial charge in [-0.05, 0) is 38.5 Å². The van der Waals surface area contributed by atoms with E-state index < -0.39 is 0 Å². The van der Waals surface area contributed by atoms with Crippen molar-refractivity contribution in [2.24, 2.45) is 5.92 Å². The molecule has 1 atom stereocenters. The van der Waals surface area contributed by atoms with Crippen LogP contribution in [0, 0.1) is 5.92 Å². The Labute approximate surface area is 75.4 Å². The van der Waals surface area contributed by atoms with E-state index in [0.717, 1.165) is 12.5 Å². The highest BCUT2D eigenvalue weighted by Gasteiger charge is 2.17. The fourth-order valence-corrected chi connectivity index (χ4v) is 1.80. The van der Waals surface area contributed by atoms with E-state index in [1.54, 1.807) is 0 Å². The van der Waals surface area contributed by atoms with Crippen LogP contribution in [0.3, 0.4) is 0 Å². The van der Waals surface area contributed by atoms with Crippen molar-refractivity contribution in [3.63, 3.8) is 0 Å². The monoisotopic (exact) mass is 171 g/mol. The molecule has 0 aromatic heterocycles. The molecule has 0 unspecified atom stereocenters. The summed E-state index contributed by atoms with van der Waals surface area (Å²) in [6, 6.07) is 0.663. The second-order valence-electron chi connectivity index (χ2n) is 4.21. The van der Waals surface area contributed by atoms with Crippen molar-refractivity contribution in [2.75, 3.05) is 6.54 Å². The summed E-state index contributed by atoms with van der Waals surface area (Å²) >= 11 is 0. The van der Waals surface area contributed by atoms with Crippen LogP contribution in [-0.4, -0.2) is 23.8 Å². The summed E-state index contributed by atoms with van der Waals surface area (Å²) in [4.78, 5) is 0. The van der Waals surface area contributed by atoms with Crippen molar-refractivity contribution in [1.29, 1.82) is 0 Å². The highest BCUT2D eigenvalue weighted by atomic mass is 16.3. The zero-order chi connectivity index (χ0) is 8.97. The van der Waals surface area contributed by atoms with Gasteiger partial charge in [0.05, 0.1) is 6.10 Å². The van der Waals surface area contributed by atoms with Crippen molar-refractivity contribution < 1.29 is 5.11 Å². The highest BCUT2D eigenvalue weighted by molar-refractivity contribution is 4.75. The molecule has 2 nitrogen and oxygen atoms in total. The van der Waals surface area contributed by atoms with Gasteiger partial charge < -0.3 is 10.4 Å². The van der Waals surface area contributed by atoms with Crippen LogP contribution in [0.2, 0.25) is 0 Å². The number of hydrogen-bond acceptors (Lipinski definition) is 2. The molecule has 0 aromatic rings. The lowest BCUT2D eigenvalue weighted by Crippen LogP contribution is -2.36. The van der Waals surface area contributed by atoms with Crippen LogP contribution in [0.5, 0.6) is 0 Å². The molecule has 0 bridgehead atoms. The molecule has 1 aliphatic carbocycles. The Kier molecular flexibility index (Phi) is 4.02. The molecule has 0 saturated heterocycles. The van der Waals surface area contributed by atoms with Gasteiger partial charge in [0.25, 0.3) is 0 Å². The van der Waals surface area contributed by atoms with Gasteiger partial charge in [0.2, 0.25) is 0 Å². The van der Waals surface area contributed by atoms with E-state index >= 15 is 0 Å². The highest BCUT2D eigenvalue weighted by Crippen LogP contribution is 2.23. The van der Waals surface area contributed by atoms with Gasteiger partial charge in [-0.15, -0.1) is 0 Å². The Morgan fingerprint density at radius 1 is 1.33 bits per heavy atom. The summed E-state index contributed by atoms with van der Waals surface area (Å²) in [6.45, 7) is 4.91. The first-order valence-corrected chi connectivity index (χ1v) is 5.10. The molecule has 2 heteroatoms. The van der Waals surface area contributed by atoms with Crippen molar-refractivity contribution in [2.45, 2.75) is 51.7 Å². The van der Waals surface area contributed by atoms with Crippen LogP contribution >= 0.6 is 0 Å². The average molecular weight is 171 g/mol. The Morgan fingerprint density at radius 3 is 2.42 bits per heavy atom. The van der Waals surface area contributed by atoms with E-state index in [0.29, 0.717) is 6.04 Å². The third kappa shape index (κ3) is 3.55. The minimum Gasteiger partial charge on any atom is -0.392 e. The third-order valence-corrected chi connectivity index (χ3v) is 2.72.